The minimum absolute atomic E-state index is 0.0105. The maximum Gasteiger partial charge on any atom is 0.297 e. The summed E-state index contributed by atoms with van der Waals surface area (Å²) in [5.74, 6) is -0.970. The molecule has 0 aliphatic carbocycles. The van der Waals surface area contributed by atoms with Crippen LogP contribution in [0.5, 0.6) is 0 Å². The highest BCUT2D eigenvalue weighted by atomic mass is 35.5. The Bertz CT molecular complexity index is 1560. The van der Waals surface area contributed by atoms with E-state index in [-0.39, 0.29) is 22.4 Å². The molecule has 1 aliphatic heterocycles. The number of aliphatic imine (C=N–C) groups is 1. The molecule has 2 atom stereocenters. The number of amides is 1. The van der Waals surface area contributed by atoms with Gasteiger partial charge in [0.1, 0.15) is 12.0 Å². The molecule has 38 heavy (non-hydrogen) atoms. The lowest BCUT2D eigenvalue weighted by atomic mass is 10.00. The van der Waals surface area contributed by atoms with E-state index in [1.807, 2.05) is 6.92 Å². The van der Waals surface area contributed by atoms with Crippen molar-refractivity contribution in [2.75, 3.05) is 0 Å². The van der Waals surface area contributed by atoms with E-state index < -0.39 is 36.7 Å². The Morgan fingerprint density at radius 1 is 1.05 bits per heavy atom. The molecule has 0 saturated heterocycles. The third kappa shape index (κ3) is 4.44. The Labute approximate surface area is 218 Å². The van der Waals surface area contributed by atoms with Crippen LogP contribution in [0.15, 0.2) is 59.9 Å². The lowest BCUT2D eigenvalue weighted by molar-refractivity contribution is -0.129. The minimum Gasteiger partial charge on any atom is -0.369 e. The van der Waals surface area contributed by atoms with Crippen molar-refractivity contribution in [1.29, 1.82) is 0 Å². The number of nitrogens with zero attached hydrogens (tertiary/aromatic N) is 6. The van der Waals surface area contributed by atoms with Gasteiger partial charge in [-0.25, -0.2) is 37.2 Å². The smallest absolute Gasteiger partial charge is 0.297 e. The maximum atomic E-state index is 13.6. The van der Waals surface area contributed by atoms with Crippen LogP contribution < -0.4 is 5.73 Å². The largest absolute Gasteiger partial charge is 0.369 e. The van der Waals surface area contributed by atoms with Crippen LogP contribution in [0.3, 0.4) is 0 Å². The number of hydrogen-bond acceptors (Lipinski definition) is 6. The van der Waals surface area contributed by atoms with Crippen LogP contribution in [0.2, 0.25) is 5.02 Å². The van der Waals surface area contributed by atoms with Gasteiger partial charge in [0, 0.05) is 5.39 Å². The van der Waals surface area contributed by atoms with Crippen LogP contribution in [-0.2, 0) is 4.79 Å². The van der Waals surface area contributed by atoms with E-state index in [9.17, 15) is 22.4 Å². The number of guanidine groups is 1. The number of carbonyl (C=O) groups excluding carboxylic acids is 1. The Balaban J connectivity index is 1.47. The highest BCUT2D eigenvalue weighted by Crippen LogP contribution is 2.36. The van der Waals surface area contributed by atoms with Gasteiger partial charge in [-0.05, 0) is 47.9 Å². The summed E-state index contributed by atoms with van der Waals surface area (Å²) in [6.07, 6.45) is -4.14. The molecule has 3 heterocycles. The second-order valence-electron chi connectivity index (χ2n) is 8.55. The highest BCUT2D eigenvalue weighted by molar-refractivity contribution is 6.32. The molecule has 13 heteroatoms. The molecule has 5 rings (SSSR count). The standard InChI is InChI=1S/C25H20ClF4N7O/c1-2-18(13-3-6-15(26)19(10-13)37-23(22(29)30)32-11-33-37)36-24(38)20(35-25(36)31)14-5-7-16-12(9-14)4-8-17(34-16)21(27)28/h3-11,18,20-22H,2H2,1H3,(H2,31,35)/t18-,20-/m1/s1. The molecular formula is C25H20ClF4N7O. The van der Waals surface area contributed by atoms with Crippen molar-refractivity contribution in [2.24, 2.45) is 10.7 Å². The number of alkyl halides is 4. The molecule has 1 amide bonds. The first-order valence-corrected chi connectivity index (χ1v) is 11.9. The summed E-state index contributed by atoms with van der Waals surface area (Å²) in [5.41, 5.74) is 7.52. The monoisotopic (exact) mass is 545 g/mol. The number of benzene rings is 2. The van der Waals surface area contributed by atoms with Crippen molar-refractivity contribution in [1.82, 2.24) is 24.6 Å². The van der Waals surface area contributed by atoms with Gasteiger partial charge in [-0.1, -0.05) is 36.7 Å². The number of pyridine rings is 1. The topological polar surface area (TPSA) is 102 Å². The van der Waals surface area contributed by atoms with Gasteiger partial charge in [-0.3, -0.25) is 9.69 Å². The Hall–Kier alpha value is -4.06. The van der Waals surface area contributed by atoms with Crippen LogP contribution in [0.1, 0.15) is 60.9 Å². The number of halogens is 5. The molecule has 8 nitrogen and oxygen atoms in total. The van der Waals surface area contributed by atoms with Crippen LogP contribution in [0, 0.1) is 0 Å². The fourth-order valence-corrected chi connectivity index (χ4v) is 4.73. The second-order valence-corrected chi connectivity index (χ2v) is 8.96. The van der Waals surface area contributed by atoms with Gasteiger partial charge in [-0.2, -0.15) is 5.10 Å². The predicted octanol–water partition coefficient (Wildman–Crippen LogP) is 5.69. The van der Waals surface area contributed by atoms with E-state index in [1.165, 1.54) is 23.1 Å². The van der Waals surface area contributed by atoms with Crippen LogP contribution in [-0.4, -0.2) is 36.5 Å². The van der Waals surface area contributed by atoms with E-state index in [2.05, 4.69) is 20.1 Å². The minimum atomic E-state index is -2.87. The maximum absolute atomic E-state index is 13.6. The lowest BCUT2D eigenvalue weighted by Gasteiger charge is -2.28. The Morgan fingerprint density at radius 3 is 2.55 bits per heavy atom. The normalized spacial score (nSPS) is 16.6. The van der Waals surface area contributed by atoms with E-state index in [0.717, 1.165) is 11.0 Å². The predicted molar refractivity (Wildman–Crippen MR) is 132 cm³/mol. The first-order valence-electron chi connectivity index (χ1n) is 11.5. The summed E-state index contributed by atoms with van der Waals surface area (Å²) in [6, 6.07) is 10.8. The number of rotatable bonds is 7. The zero-order chi connectivity index (χ0) is 27.1. The number of carbonyl (C=O) groups is 1. The van der Waals surface area contributed by atoms with Gasteiger partial charge in [0.15, 0.2) is 17.8 Å². The SMILES string of the molecule is CC[C@H](c1ccc(Cl)c(-n2ncnc2C(F)F)c1)N1C(=O)[C@@H](c2ccc3nc(C(F)F)ccc3c2)N=C1N. The van der Waals surface area contributed by atoms with Crippen molar-refractivity contribution >= 4 is 34.4 Å². The molecule has 0 unspecified atom stereocenters. The summed E-state index contributed by atoms with van der Waals surface area (Å²) in [5, 5.41) is 4.62. The fourth-order valence-electron chi connectivity index (χ4n) is 4.53. The molecule has 4 aromatic rings. The van der Waals surface area contributed by atoms with Crippen molar-refractivity contribution in [3.05, 3.63) is 82.5 Å². The van der Waals surface area contributed by atoms with E-state index in [0.29, 0.717) is 28.5 Å². The molecule has 2 N–H and O–H groups in total. The van der Waals surface area contributed by atoms with Crippen LogP contribution >= 0.6 is 11.6 Å². The summed E-state index contributed by atoms with van der Waals surface area (Å²) in [4.78, 5) is 26.8. The molecule has 0 radical (unpaired) electrons. The Morgan fingerprint density at radius 2 is 1.84 bits per heavy atom. The van der Waals surface area contributed by atoms with E-state index in [4.69, 9.17) is 17.3 Å². The molecule has 2 aromatic heterocycles. The number of fused-ring (bicyclic) bond motifs is 1. The lowest BCUT2D eigenvalue weighted by Crippen LogP contribution is -2.40. The number of aromatic nitrogens is 4. The molecule has 0 saturated carbocycles. The average molecular weight is 546 g/mol. The first-order chi connectivity index (χ1) is 18.2. The molecule has 0 spiro atoms. The first kappa shape index (κ1) is 25.6. The molecule has 0 fully saturated rings. The van der Waals surface area contributed by atoms with Crippen LogP contribution in [0.25, 0.3) is 16.6 Å². The van der Waals surface area contributed by atoms with Gasteiger partial charge in [-0.15, -0.1) is 0 Å². The number of nitrogens with two attached hydrogens (primary N) is 1. The van der Waals surface area contributed by atoms with Gasteiger partial charge >= 0.3 is 0 Å². The molecule has 0 bridgehead atoms. The number of hydrogen-bond donors (Lipinski definition) is 1. The van der Waals surface area contributed by atoms with Crippen molar-refractivity contribution < 1.29 is 22.4 Å². The zero-order valence-electron chi connectivity index (χ0n) is 19.8. The summed E-state index contributed by atoms with van der Waals surface area (Å²) < 4.78 is 53.8. The van der Waals surface area contributed by atoms with Crippen molar-refractivity contribution in [3.8, 4) is 5.69 Å². The zero-order valence-corrected chi connectivity index (χ0v) is 20.5. The molecule has 2 aromatic carbocycles. The fraction of sp³-hybridized carbons (Fsp3) is 0.240. The molecular weight excluding hydrogens is 526 g/mol. The third-order valence-corrected chi connectivity index (χ3v) is 6.62. The van der Waals surface area contributed by atoms with E-state index >= 15 is 0 Å². The highest BCUT2D eigenvalue weighted by Gasteiger charge is 2.39. The summed E-state index contributed by atoms with van der Waals surface area (Å²) in [6.45, 7) is 1.84. The summed E-state index contributed by atoms with van der Waals surface area (Å²) >= 11 is 6.30. The van der Waals surface area contributed by atoms with Gasteiger partial charge in [0.25, 0.3) is 18.8 Å². The van der Waals surface area contributed by atoms with E-state index in [1.54, 1.807) is 30.3 Å². The quantitative estimate of drug-likeness (QED) is 0.300. The van der Waals surface area contributed by atoms with Gasteiger partial charge < -0.3 is 5.73 Å². The van der Waals surface area contributed by atoms with Crippen molar-refractivity contribution in [2.45, 2.75) is 38.3 Å². The van der Waals surface area contributed by atoms with Gasteiger partial charge in [0.05, 0.1) is 22.3 Å². The molecule has 1 aliphatic rings. The third-order valence-electron chi connectivity index (χ3n) is 6.30. The van der Waals surface area contributed by atoms with Crippen molar-refractivity contribution in [3.63, 3.8) is 0 Å². The van der Waals surface area contributed by atoms with Crippen LogP contribution in [0.4, 0.5) is 17.6 Å². The summed E-state index contributed by atoms with van der Waals surface area (Å²) in [7, 11) is 0. The Kier molecular flexibility index (Phi) is 6.74. The average Bonchev–Trinajstić information content (AvgIpc) is 3.50. The van der Waals surface area contributed by atoms with Gasteiger partial charge in [0.2, 0.25) is 0 Å². The molecule has 196 valence electrons. The second kappa shape index (κ2) is 10.0.